The average molecular weight is 207 g/mol. The molecule has 1 aliphatic rings. The molecule has 4 nitrogen and oxygen atoms in total. The number of hydrogen-bond acceptors (Lipinski definition) is 3. The molecule has 0 saturated heterocycles. The summed E-state index contributed by atoms with van der Waals surface area (Å²) in [7, 11) is 0. The van der Waals surface area contributed by atoms with Crippen LogP contribution in [0.2, 0.25) is 0 Å². The summed E-state index contributed by atoms with van der Waals surface area (Å²) in [6, 6.07) is 3.42. The van der Waals surface area contributed by atoms with Gasteiger partial charge in [0.15, 0.2) is 5.76 Å². The van der Waals surface area contributed by atoms with Gasteiger partial charge in [0.25, 0.3) is 5.91 Å². The van der Waals surface area contributed by atoms with Crippen LogP contribution in [0.3, 0.4) is 0 Å². The smallest absolute Gasteiger partial charge is 0.287 e. The molecule has 0 bridgehead atoms. The van der Waals surface area contributed by atoms with Crippen LogP contribution in [0.1, 0.15) is 36.2 Å². The van der Waals surface area contributed by atoms with Crippen LogP contribution in [-0.2, 0) is 4.79 Å². The number of amides is 1. The maximum atomic E-state index is 11.6. The maximum Gasteiger partial charge on any atom is 0.287 e. The average Bonchev–Trinajstić information content (AvgIpc) is 2.74. The highest BCUT2D eigenvalue weighted by molar-refractivity contribution is 5.91. The summed E-state index contributed by atoms with van der Waals surface area (Å²) >= 11 is 0. The van der Waals surface area contributed by atoms with Crippen molar-refractivity contribution < 1.29 is 14.0 Å². The van der Waals surface area contributed by atoms with Gasteiger partial charge in [-0.3, -0.25) is 9.59 Å². The minimum Gasteiger partial charge on any atom is -0.459 e. The van der Waals surface area contributed by atoms with E-state index in [9.17, 15) is 9.59 Å². The molecule has 4 heteroatoms. The lowest BCUT2D eigenvalue weighted by atomic mass is 9.94. The van der Waals surface area contributed by atoms with Crippen LogP contribution < -0.4 is 5.32 Å². The summed E-state index contributed by atoms with van der Waals surface area (Å²) in [5.41, 5.74) is 0. The minimum absolute atomic E-state index is 0.111. The predicted molar refractivity (Wildman–Crippen MR) is 53.4 cm³/mol. The van der Waals surface area contributed by atoms with Gasteiger partial charge in [0.05, 0.1) is 6.26 Å². The molecule has 0 radical (unpaired) electrons. The van der Waals surface area contributed by atoms with Crippen molar-refractivity contribution >= 4 is 11.7 Å². The van der Waals surface area contributed by atoms with E-state index in [2.05, 4.69) is 5.32 Å². The molecule has 1 fully saturated rings. The molecule has 0 spiro atoms. The first-order chi connectivity index (χ1) is 7.25. The minimum atomic E-state index is -0.195. The number of hydrogen-bond donors (Lipinski definition) is 1. The Hall–Kier alpha value is -1.58. The molecule has 80 valence electrons. The second kappa shape index (κ2) is 4.29. The van der Waals surface area contributed by atoms with Gasteiger partial charge in [0.1, 0.15) is 5.78 Å². The fraction of sp³-hybridized carbons (Fsp3) is 0.455. The van der Waals surface area contributed by atoms with Crippen LogP contribution in [0.15, 0.2) is 22.8 Å². The Bertz CT molecular complexity index is 346. The number of ketones is 1. The number of furan rings is 1. The predicted octanol–water partition coefficient (Wildman–Crippen LogP) is 1.52. The van der Waals surface area contributed by atoms with E-state index in [1.165, 1.54) is 6.26 Å². The Morgan fingerprint density at radius 3 is 2.73 bits per heavy atom. The van der Waals surface area contributed by atoms with Crippen LogP contribution >= 0.6 is 0 Å². The van der Waals surface area contributed by atoms with Gasteiger partial charge in [-0.25, -0.2) is 0 Å². The largest absolute Gasteiger partial charge is 0.459 e. The monoisotopic (exact) mass is 207 g/mol. The van der Waals surface area contributed by atoms with Gasteiger partial charge >= 0.3 is 0 Å². The van der Waals surface area contributed by atoms with E-state index in [-0.39, 0.29) is 11.9 Å². The van der Waals surface area contributed by atoms with E-state index in [1.807, 2.05) is 0 Å². The third-order valence-electron chi connectivity index (χ3n) is 2.62. The van der Waals surface area contributed by atoms with E-state index < -0.39 is 0 Å². The molecular formula is C11H13NO3. The SMILES string of the molecule is O=C1CCC(NC(=O)c2ccco2)CC1. The summed E-state index contributed by atoms with van der Waals surface area (Å²) < 4.78 is 4.98. The first-order valence-corrected chi connectivity index (χ1v) is 5.12. The van der Waals surface area contributed by atoms with Gasteiger partial charge in [-0.2, -0.15) is 0 Å². The van der Waals surface area contributed by atoms with Crippen molar-refractivity contribution in [3.8, 4) is 0 Å². The summed E-state index contributed by atoms with van der Waals surface area (Å²) in [6.07, 6.45) is 4.10. The van der Waals surface area contributed by atoms with E-state index in [0.29, 0.717) is 24.4 Å². The molecule has 0 unspecified atom stereocenters. The van der Waals surface area contributed by atoms with Crippen molar-refractivity contribution in [1.29, 1.82) is 0 Å². The highest BCUT2D eigenvalue weighted by Gasteiger charge is 2.21. The van der Waals surface area contributed by atoms with E-state index >= 15 is 0 Å². The Balaban J connectivity index is 1.87. The standard InChI is InChI=1S/C11H13NO3/c13-9-5-3-8(4-6-9)12-11(14)10-2-1-7-15-10/h1-2,7-8H,3-6H2,(H,12,14). The third kappa shape index (κ3) is 2.46. The molecule has 1 N–H and O–H groups in total. The quantitative estimate of drug-likeness (QED) is 0.799. The number of carbonyl (C=O) groups excluding carboxylic acids is 2. The van der Waals surface area contributed by atoms with Gasteiger partial charge in [-0.15, -0.1) is 0 Å². The van der Waals surface area contributed by atoms with Crippen LogP contribution in [-0.4, -0.2) is 17.7 Å². The summed E-state index contributed by atoms with van der Waals surface area (Å²) in [4.78, 5) is 22.6. The van der Waals surface area contributed by atoms with E-state index in [1.54, 1.807) is 12.1 Å². The lowest BCUT2D eigenvalue weighted by Gasteiger charge is -2.21. The first-order valence-electron chi connectivity index (χ1n) is 5.12. The number of carbonyl (C=O) groups is 2. The van der Waals surface area contributed by atoms with Gasteiger partial charge in [0.2, 0.25) is 0 Å². The lowest BCUT2D eigenvalue weighted by molar-refractivity contribution is -0.120. The molecule has 1 aliphatic carbocycles. The van der Waals surface area contributed by atoms with Crippen LogP contribution in [0.4, 0.5) is 0 Å². The molecule has 15 heavy (non-hydrogen) atoms. The fourth-order valence-corrected chi connectivity index (χ4v) is 1.75. The van der Waals surface area contributed by atoms with Gasteiger partial charge < -0.3 is 9.73 Å². The molecule has 0 aliphatic heterocycles. The topological polar surface area (TPSA) is 59.3 Å². The molecule has 1 aromatic heterocycles. The van der Waals surface area contributed by atoms with Crippen molar-refractivity contribution in [1.82, 2.24) is 5.32 Å². The third-order valence-corrected chi connectivity index (χ3v) is 2.62. The van der Waals surface area contributed by atoms with Gasteiger partial charge in [-0.05, 0) is 25.0 Å². The van der Waals surface area contributed by atoms with E-state index in [0.717, 1.165) is 12.8 Å². The van der Waals surface area contributed by atoms with Crippen LogP contribution in [0.5, 0.6) is 0 Å². The maximum absolute atomic E-state index is 11.6. The van der Waals surface area contributed by atoms with Crippen molar-refractivity contribution in [2.75, 3.05) is 0 Å². The lowest BCUT2D eigenvalue weighted by Crippen LogP contribution is -2.37. The highest BCUT2D eigenvalue weighted by Crippen LogP contribution is 2.15. The zero-order chi connectivity index (χ0) is 10.7. The molecule has 1 amide bonds. The van der Waals surface area contributed by atoms with Crippen molar-refractivity contribution in [2.45, 2.75) is 31.7 Å². The molecule has 2 rings (SSSR count). The Morgan fingerprint density at radius 2 is 2.13 bits per heavy atom. The van der Waals surface area contributed by atoms with E-state index in [4.69, 9.17) is 4.42 Å². The molecule has 1 aromatic rings. The number of Topliss-reactive ketones (excluding diaryl/α,β-unsaturated/α-hetero) is 1. The van der Waals surface area contributed by atoms with Gasteiger partial charge in [-0.1, -0.05) is 0 Å². The van der Waals surface area contributed by atoms with Crippen LogP contribution in [0, 0.1) is 0 Å². The second-order valence-corrected chi connectivity index (χ2v) is 3.76. The van der Waals surface area contributed by atoms with Crippen molar-refractivity contribution in [3.63, 3.8) is 0 Å². The van der Waals surface area contributed by atoms with Crippen LogP contribution in [0.25, 0.3) is 0 Å². The first kappa shape index (κ1) is 9.96. The summed E-state index contributed by atoms with van der Waals surface area (Å²) in [6.45, 7) is 0. The number of nitrogens with one attached hydrogen (secondary N) is 1. The second-order valence-electron chi connectivity index (χ2n) is 3.76. The zero-order valence-electron chi connectivity index (χ0n) is 8.36. The van der Waals surface area contributed by atoms with Crippen molar-refractivity contribution in [3.05, 3.63) is 24.2 Å². The number of rotatable bonds is 2. The Morgan fingerprint density at radius 1 is 1.40 bits per heavy atom. The Kier molecular flexibility index (Phi) is 2.85. The fourth-order valence-electron chi connectivity index (χ4n) is 1.75. The molecule has 1 heterocycles. The normalized spacial score (nSPS) is 17.7. The van der Waals surface area contributed by atoms with Gasteiger partial charge in [0, 0.05) is 18.9 Å². The Labute approximate surface area is 87.6 Å². The zero-order valence-corrected chi connectivity index (χ0v) is 8.36. The molecule has 1 saturated carbocycles. The molecule has 0 atom stereocenters. The van der Waals surface area contributed by atoms with Crippen molar-refractivity contribution in [2.24, 2.45) is 0 Å². The summed E-state index contributed by atoms with van der Waals surface area (Å²) in [5.74, 6) is 0.421. The molecule has 0 aromatic carbocycles. The summed E-state index contributed by atoms with van der Waals surface area (Å²) in [5, 5.41) is 2.86. The highest BCUT2D eigenvalue weighted by atomic mass is 16.3. The molecular weight excluding hydrogens is 194 g/mol.